The Morgan fingerprint density at radius 1 is 1.42 bits per heavy atom. The molecule has 0 saturated carbocycles. The number of rotatable bonds is 2. The van der Waals surface area contributed by atoms with Crippen LogP contribution in [0.25, 0.3) is 0 Å². The lowest BCUT2D eigenvalue weighted by Gasteiger charge is -2.18. The van der Waals surface area contributed by atoms with Gasteiger partial charge in [0, 0.05) is 0 Å². The minimum atomic E-state index is 0.218. The first-order valence-electron chi connectivity index (χ1n) is 4.17. The Morgan fingerprint density at radius 2 is 2.17 bits per heavy atom. The molecule has 12 heavy (non-hydrogen) atoms. The van der Waals surface area contributed by atoms with Crippen LogP contribution in [-0.4, -0.2) is 6.61 Å². The molecule has 0 aromatic heterocycles. The second kappa shape index (κ2) is 3.61. The molecule has 0 aliphatic heterocycles. The van der Waals surface area contributed by atoms with Gasteiger partial charge in [0.1, 0.15) is 5.75 Å². The molecule has 0 fully saturated rings. The lowest BCUT2D eigenvalue weighted by molar-refractivity contribution is 0.198. The minimum absolute atomic E-state index is 0.218. The minimum Gasteiger partial charge on any atom is -0.493 e. The highest BCUT2D eigenvalue weighted by Crippen LogP contribution is 2.16. The third-order valence-electron chi connectivity index (χ3n) is 1.35. The van der Waals surface area contributed by atoms with Crippen LogP contribution in [0.1, 0.15) is 20.8 Å². The Hall–Kier alpha value is -0.980. The molecule has 65 valence electrons. The number of ether oxygens (including phenoxy) is 1. The Labute approximate surface area is 74.4 Å². The van der Waals surface area contributed by atoms with E-state index < -0.39 is 0 Å². The lowest BCUT2D eigenvalue weighted by atomic mass is 9.99. The fourth-order valence-corrected chi connectivity index (χ4v) is 0.766. The molecule has 0 amide bonds. The molecule has 1 nitrogen and oxygen atoms in total. The van der Waals surface area contributed by atoms with Crippen LogP contribution in [0.15, 0.2) is 24.3 Å². The summed E-state index contributed by atoms with van der Waals surface area (Å²) in [4.78, 5) is 0. The third kappa shape index (κ3) is 3.42. The Bertz CT molecular complexity index is 221. The second-order valence-electron chi connectivity index (χ2n) is 4.09. The van der Waals surface area contributed by atoms with Gasteiger partial charge in [-0.1, -0.05) is 32.9 Å². The van der Waals surface area contributed by atoms with Crippen LogP contribution in [0.5, 0.6) is 5.75 Å². The molecule has 1 radical (unpaired) electrons. The molecule has 1 heteroatoms. The summed E-state index contributed by atoms with van der Waals surface area (Å²) in [6, 6.07) is 10.6. The standard InChI is InChI=1S/C11H15O/c1-11(2,3)9-12-10-7-5-4-6-8-10/h4-5,7-8H,9H2,1-3H3. The summed E-state index contributed by atoms with van der Waals surface area (Å²) in [6.45, 7) is 7.20. The van der Waals surface area contributed by atoms with Crippen LogP contribution in [0.4, 0.5) is 0 Å². The molecule has 0 aliphatic carbocycles. The predicted molar refractivity (Wildman–Crippen MR) is 50.2 cm³/mol. The van der Waals surface area contributed by atoms with E-state index in [1.54, 1.807) is 0 Å². The van der Waals surface area contributed by atoms with E-state index in [1.165, 1.54) is 0 Å². The maximum absolute atomic E-state index is 5.54. The van der Waals surface area contributed by atoms with E-state index >= 15 is 0 Å². The van der Waals surface area contributed by atoms with Gasteiger partial charge in [0.2, 0.25) is 0 Å². The number of hydrogen-bond acceptors (Lipinski definition) is 1. The van der Waals surface area contributed by atoms with E-state index in [4.69, 9.17) is 4.74 Å². The quantitative estimate of drug-likeness (QED) is 0.651. The van der Waals surface area contributed by atoms with Crippen molar-refractivity contribution in [2.45, 2.75) is 20.8 Å². The highest BCUT2D eigenvalue weighted by atomic mass is 16.5. The predicted octanol–water partition coefficient (Wildman–Crippen LogP) is 2.91. The second-order valence-corrected chi connectivity index (χ2v) is 4.09. The van der Waals surface area contributed by atoms with Crippen molar-refractivity contribution in [3.05, 3.63) is 30.3 Å². The first-order chi connectivity index (χ1) is 5.58. The smallest absolute Gasteiger partial charge is 0.119 e. The topological polar surface area (TPSA) is 9.23 Å². The Kier molecular flexibility index (Phi) is 2.74. The van der Waals surface area contributed by atoms with Gasteiger partial charge in [-0.15, -0.1) is 0 Å². The maximum atomic E-state index is 5.54. The van der Waals surface area contributed by atoms with Crippen molar-refractivity contribution in [3.8, 4) is 5.75 Å². The van der Waals surface area contributed by atoms with Crippen molar-refractivity contribution in [1.82, 2.24) is 0 Å². The molecule has 0 N–H and O–H groups in total. The van der Waals surface area contributed by atoms with Gasteiger partial charge in [-0.05, 0) is 23.6 Å². The monoisotopic (exact) mass is 163 g/mol. The largest absolute Gasteiger partial charge is 0.493 e. The highest BCUT2D eigenvalue weighted by Gasteiger charge is 2.10. The van der Waals surface area contributed by atoms with Crippen LogP contribution < -0.4 is 4.74 Å². The molecule has 0 unspecified atom stereocenters. The average molecular weight is 163 g/mol. The third-order valence-corrected chi connectivity index (χ3v) is 1.35. The molecule has 0 aliphatic rings. The zero-order valence-electron chi connectivity index (χ0n) is 7.92. The molecule has 1 rings (SSSR count). The van der Waals surface area contributed by atoms with Gasteiger partial charge in [0.25, 0.3) is 0 Å². The summed E-state index contributed by atoms with van der Waals surface area (Å²) in [5, 5.41) is 0. The van der Waals surface area contributed by atoms with Crippen LogP contribution >= 0.6 is 0 Å². The fourth-order valence-electron chi connectivity index (χ4n) is 0.766. The van der Waals surface area contributed by atoms with E-state index in [-0.39, 0.29) is 5.41 Å². The van der Waals surface area contributed by atoms with Crippen LogP contribution in [0.3, 0.4) is 0 Å². The van der Waals surface area contributed by atoms with Crippen molar-refractivity contribution in [2.75, 3.05) is 6.61 Å². The normalized spacial score (nSPS) is 11.2. The molecule has 0 heterocycles. The Morgan fingerprint density at radius 3 is 2.67 bits per heavy atom. The van der Waals surface area contributed by atoms with Gasteiger partial charge in [-0.25, -0.2) is 0 Å². The molecule has 0 saturated heterocycles. The Balaban J connectivity index is 2.44. The zero-order valence-corrected chi connectivity index (χ0v) is 7.92. The van der Waals surface area contributed by atoms with Crippen LogP contribution in [-0.2, 0) is 0 Å². The summed E-state index contributed by atoms with van der Waals surface area (Å²) in [7, 11) is 0. The fraction of sp³-hybridized carbons (Fsp3) is 0.455. The number of hydrogen-bond donors (Lipinski definition) is 0. The zero-order chi connectivity index (χ0) is 9.03. The molecule has 0 bridgehead atoms. The summed E-state index contributed by atoms with van der Waals surface area (Å²) in [5.41, 5.74) is 0.218. The molecule has 0 atom stereocenters. The molecular formula is C11H15O. The van der Waals surface area contributed by atoms with E-state index in [0.717, 1.165) is 12.4 Å². The average Bonchev–Trinajstić information content (AvgIpc) is 2.02. The van der Waals surface area contributed by atoms with Gasteiger partial charge >= 0.3 is 0 Å². The molecule has 1 aromatic rings. The van der Waals surface area contributed by atoms with Crippen molar-refractivity contribution >= 4 is 0 Å². The SMILES string of the molecule is CC(C)(C)COc1c[c]ccc1. The summed E-state index contributed by atoms with van der Waals surface area (Å²) in [5.74, 6) is 0.896. The maximum Gasteiger partial charge on any atom is 0.119 e. The van der Waals surface area contributed by atoms with Crippen molar-refractivity contribution in [2.24, 2.45) is 5.41 Å². The van der Waals surface area contributed by atoms with Gasteiger partial charge in [0.15, 0.2) is 0 Å². The van der Waals surface area contributed by atoms with Crippen molar-refractivity contribution in [3.63, 3.8) is 0 Å². The van der Waals surface area contributed by atoms with Gasteiger partial charge in [-0.2, -0.15) is 0 Å². The summed E-state index contributed by atoms with van der Waals surface area (Å²) >= 11 is 0. The van der Waals surface area contributed by atoms with Crippen LogP contribution in [0, 0.1) is 11.5 Å². The van der Waals surface area contributed by atoms with Crippen LogP contribution in [0.2, 0.25) is 0 Å². The first-order valence-corrected chi connectivity index (χ1v) is 4.17. The first kappa shape index (κ1) is 9.11. The molecule has 1 aromatic carbocycles. The molecular weight excluding hydrogens is 148 g/mol. The lowest BCUT2D eigenvalue weighted by Crippen LogP contribution is -2.16. The summed E-state index contributed by atoms with van der Waals surface area (Å²) < 4.78 is 5.54. The van der Waals surface area contributed by atoms with E-state index in [0.29, 0.717) is 0 Å². The van der Waals surface area contributed by atoms with Gasteiger partial charge in [0.05, 0.1) is 6.61 Å². The highest BCUT2D eigenvalue weighted by molar-refractivity contribution is 5.20. The van der Waals surface area contributed by atoms with Crippen molar-refractivity contribution in [1.29, 1.82) is 0 Å². The van der Waals surface area contributed by atoms with E-state index in [9.17, 15) is 0 Å². The van der Waals surface area contributed by atoms with Gasteiger partial charge < -0.3 is 4.74 Å². The van der Waals surface area contributed by atoms with Crippen molar-refractivity contribution < 1.29 is 4.74 Å². The van der Waals surface area contributed by atoms with E-state index in [2.05, 4.69) is 26.8 Å². The van der Waals surface area contributed by atoms with E-state index in [1.807, 2.05) is 24.3 Å². The number of benzene rings is 1. The molecule has 0 spiro atoms. The van der Waals surface area contributed by atoms with Gasteiger partial charge in [-0.3, -0.25) is 0 Å². The summed E-state index contributed by atoms with van der Waals surface area (Å²) in [6.07, 6.45) is 0.